The van der Waals surface area contributed by atoms with E-state index in [0.29, 0.717) is 24.7 Å². The molecule has 0 aromatic heterocycles. The molecule has 1 amide bonds. The third-order valence-corrected chi connectivity index (χ3v) is 2.35. The van der Waals surface area contributed by atoms with Gasteiger partial charge in [0.15, 0.2) is 0 Å². The zero-order chi connectivity index (χ0) is 13.5. The fourth-order valence-electron chi connectivity index (χ4n) is 1.33. The number of aryl methyl sites for hydroxylation is 1. The van der Waals surface area contributed by atoms with Gasteiger partial charge in [-0.05, 0) is 31.5 Å². The lowest BCUT2D eigenvalue weighted by Gasteiger charge is -2.14. The highest BCUT2D eigenvalue weighted by Gasteiger charge is 2.11. The van der Waals surface area contributed by atoms with Crippen LogP contribution in [0.5, 0.6) is 5.75 Å². The maximum absolute atomic E-state index is 11.6. The Morgan fingerprint density at radius 3 is 2.78 bits per heavy atom. The molecule has 1 atom stereocenters. The van der Waals surface area contributed by atoms with E-state index >= 15 is 0 Å². The van der Waals surface area contributed by atoms with Gasteiger partial charge in [-0.15, -0.1) is 0 Å². The number of ether oxygens (including phenoxy) is 2. The van der Waals surface area contributed by atoms with Gasteiger partial charge in [0.2, 0.25) is 5.91 Å². The lowest BCUT2D eigenvalue weighted by Crippen LogP contribution is -2.32. The van der Waals surface area contributed by atoms with Gasteiger partial charge in [-0.25, -0.2) is 0 Å². The zero-order valence-electron chi connectivity index (χ0n) is 11.0. The van der Waals surface area contributed by atoms with Crippen LogP contribution in [0.4, 0.5) is 5.69 Å². The molecule has 0 spiro atoms. The first-order chi connectivity index (χ1) is 8.54. The maximum atomic E-state index is 11.6. The smallest absolute Gasteiger partial charge is 0.241 e. The lowest BCUT2D eigenvalue weighted by molar-refractivity contribution is -0.117. The Hall–Kier alpha value is -1.59. The molecule has 0 saturated heterocycles. The summed E-state index contributed by atoms with van der Waals surface area (Å²) in [4.78, 5) is 11.6. The summed E-state index contributed by atoms with van der Waals surface area (Å²) in [6, 6.07) is 5.02. The zero-order valence-corrected chi connectivity index (χ0v) is 11.0. The van der Waals surface area contributed by atoms with Crippen LogP contribution < -0.4 is 15.8 Å². The Kier molecular flexibility index (Phi) is 5.61. The number of hydrogen-bond acceptors (Lipinski definition) is 4. The van der Waals surface area contributed by atoms with Crippen molar-refractivity contribution in [3.8, 4) is 5.75 Å². The molecule has 5 nitrogen and oxygen atoms in total. The van der Waals surface area contributed by atoms with Gasteiger partial charge in [-0.1, -0.05) is 6.07 Å². The number of methoxy groups -OCH3 is 1. The van der Waals surface area contributed by atoms with Crippen molar-refractivity contribution in [1.29, 1.82) is 0 Å². The minimum Gasteiger partial charge on any atom is -0.489 e. The summed E-state index contributed by atoms with van der Waals surface area (Å²) >= 11 is 0. The molecule has 1 unspecified atom stereocenters. The van der Waals surface area contributed by atoms with Crippen LogP contribution in [0.25, 0.3) is 0 Å². The second kappa shape index (κ2) is 6.98. The fraction of sp³-hybridized carbons (Fsp3) is 0.462. The first-order valence-electron chi connectivity index (χ1n) is 5.83. The van der Waals surface area contributed by atoms with Crippen LogP contribution in [-0.4, -0.2) is 32.3 Å². The summed E-state index contributed by atoms with van der Waals surface area (Å²) < 4.78 is 10.5. The highest BCUT2D eigenvalue weighted by molar-refractivity contribution is 5.95. The summed E-state index contributed by atoms with van der Waals surface area (Å²) in [6.45, 7) is 4.52. The van der Waals surface area contributed by atoms with E-state index in [1.807, 2.05) is 19.1 Å². The quantitative estimate of drug-likeness (QED) is 0.749. The molecule has 0 fully saturated rings. The lowest BCUT2D eigenvalue weighted by atomic mass is 10.2. The molecular weight excluding hydrogens is 232 g/mol. The SMILES string of the molecule is COCCOc1cc(C)ccc1NC(=O)C(C)N. The Balaban J connectivity index is 2.79. The largest absolute Gasteiger partial charge is 0.489 e. The summed E-state index contributed by atoms with van der Waals surface area (Å²) in [6.07, 6.45) is 0. The molecule has 1 aromatic carbocycles. The van der Waals surface area contributed by atoms with Crippen LogP contribution in [0.3, 0.4) is 0 Å². The van der Waals surface area contributed by atoms with Crippen LogP contribution in [0.1, 0.15) is 12.5 Å². The molecule has 0 radical (unpaired) electrons. The minimum atomic E-state index is -0.557. The third-order valence-electron chi connectivity index (χ3n) is 2.35. The van der Waals surface area contributed by atoms with Gasteiger partial charge in [0, 0.05) is 7.11 Å². The van der Waals surface area contributed by atoms with E-state index in [1.165, 1.54) is 0 Å². The topological polar surface area (TPSA) is 73.6 Å². The van der Waals surface area contributed by atoms with E-state index in [1.54, 1.807) is 20.1 Å². The number of amides is 1. The standard InChI is InChI=1S/C13H20N2O3/c1-9-4-5-11(15-13(16)10(2)14)12(8-9)18-7-6-17-3/h4-5,8,10H,6-7,14H2,1-3H3,(H,15,16). The maximum Gasteiger partial charge on any atom is 0.241 e. The van der Waals surface area contributed by atoms with Crippen LogP contribution in [0.15, 0.2) is 18.2 Å². The molecular formula is C13H20N2O3. The minimum absolute atomic E-state index is 0.240. The Labute approximate surface area is 107 Å². The first kappa shape index (κ1) is 14.5. The van der Waals surface area contributed by atoms with Crippen molar-refractivity contribution in [2.24, 2.45) is 5.73 Å². The highest BCUT2D eigenvalue weighted by Crippen LogP contribution is 2.25. The average Bonchev–Trinajstić information content (AvgIpc) is 2.32. The second-order valence-corrected chi connectivity index (χ2v) is 4.12. The van der Waals surface area contributed by atoms with E-state index < -0.39 is 6.04 Å². The number of hydrogen-bond donors (Lipinski definition) is 2. The van der Waals surface area contributed by atoms with Crippen molar-refractivity contribution < 1.29 is 14.3 Å². The van der Waals surface area contributed by atoms with Gasteiger partial charge in [0.1, 0.15) is 12.4 Å². The van der Waals surface area contributed by atoms with Gasteiger partial charge in [-0.2, -0.15) is 0 Å². The molecule has 0 aliphatic carbocycles. The van der Waals surface area contributed by atoms with Crippen molar-refractivity contribution in [2.45, 2.75) is 19.9 Å². The van der Waals surface area contributed by atoms with E-state index in [4.69, 9.17) is 15.2 Å². The fourth-order valence-corrected chi connectivity index (χ4v) is 1.33. The van der Waals surface area contributed by atoms with E-state index in [0.717, 1.165) is 5.56 Å². The molecule has 18 heavy (non-hydrogen) atoms. The van der Waals surface area contributed by atoms with E-state index in [2.05, 4.69) is 5.32 Å². The number of benzene rings is 1. The van der Waals surface area contributed by atoms with Gasteiger partial charge in [0.05, 0.1) is 18.3 Å². The van der Waals surface area contributed by atoms with Gasteiger partial charge in [-0.3, -0.25) is 4.79 Å². The first-order valence-corrected chi connectivity index (χ1v) is 5.83. The monoisotopic (exact) mass is 252 g/mol. The molecule has 5 heteroatoms. The number of anilines is 1. The average molecular weight is 252 g/mol. The highest BCUT2D eigenvalue weighted by atomic mass is 16.5. The van der Waals surface area contributed by atoms with Crippen molar-refractivity contribution in [3.05, 3.63) is 23.8 Å². The van der Waals surface area contributed by atoms with Crippen molar-refractivity contribution >= 4 is 11.6 Å². The van der Waals surface area contributed by atoms with E-state index in [-0.39, 0.29) is 5.91 Å². The number of rotatable bonds is 6. The summed E-state index contributed by atoms with van der Waals surface area (Å²) in [7, 11) is 1.61. The predicted octanol–water partition coefficient (Wildman–Crippen LogP) is 1.31. The molecule has 3 N–H and O–H groups in total. The number of nitrogens with one attached hydrogen (secondary N) is 1. The molecule has 0 saturated carbocycles. The summed E-state index contributed by atoms with van der Waals surface area (Å²) in [5, 5.41) is 2.73. The Morgan fingerprint density at radius 2 is 2.17 bits per heavy atom. The molecule has 0 aliphatic heterocycles. The van der Waals surface area contributed by atoms with Crippen LogP contribution >= 0.6 is 0 Å². The number of carbonyl (C=O) groups is 1. The van der Waals surface area contributed by atoms with E-state index in [9.17, 15) is 4.79 Å². The third kappa shape index (κ3) is 4.35. The van der Waals surface area contributed by atoms with Gasteiger partial charge in [0.25, 0.3) is 0 Å². The van der Waals surface area contributed by atoms with Crippen molar-refractivity contribution in [2.75, 3.05) is 25.6 Å². The van der Waals surface area contributed by atoms with Crippen LogP contribution in [0.2, 0.25) is 0 Å². The number of nitrogens with two attached hydrogens (primary N) is 1. The van der Waals surface area contributed by atoms with Crippen molar-refractivity contribution in [1.82, 2.24) is 0 Å². The molecule has 100 valence electrons. The van der Waals surface area contributed by atoms with Gasteiger partial charge < -0.3 is 20.5 Å². The molecule has 0 bridgehead atoms. The molecule has 1 aromatic rings. The van der Waals surface area contributed by atoms with Crippen molar-refractivity contribution in [3.63, 3.8) is 0 Å². The molecule has 0 heterocycles. The second-order valence-electron chi connectivity index (χ2n) is 4.12. The molecule has 1 rings (SSSR count). The summed E-state index contributed by atoms with van der Waals surface area (Å²) in [5.74, 6) is 0.386. The molecule has 0 aliphatic rings. The van der Waals surface area contributed by atoms with Gasteiger partial charge >= 0.3 is 0 Å². The predicted molar refractivity (Wildman–Crippen MR) is 70.8 cm³/mol. The number of carbonyl (C=O) groups excluding carboxylic acids is 1. The van der Waals surface area contributed by atoms with Crippen LogP contribution in [-0.2, 0) is 9.53 Å². The Morgan fingerprint density at radius 1 is 1.44 bits per heavy atom. The summed E-state index contributed by atoms with van der Waals surface area (Å²) in [5.41, 5.74) is 7.19. The normalized spacial score (nSPS) is 12.0. The Bertz CT molecular complexity index is 405. The van der Waals surface area contributed by atoms with Crippen LogP contribution in [0, 0.1) is 6.92 Å².